The minimum absolute atomic E-state index is 0.0594. The zero-order chi connectivity index (χ0) is 13.4. The number of aryl methyl sites for hydroxylation is 1. The lowest BCUT2D eigenvalue weighted by molar-refractivity contribution is 0.0669. The SMILES string of the molecule is COc1ccc2c(c1)[C@@H](O)CC(c1sccc1C)O2. The predicted octanol–water partition coefficient (Wildman–Crippen LogP) is 3.62. The Morgan fingerprint density at radius 2 is 2.21 bits per heavy atom. The Bertz CT molecular complexity index is 591. The number of aliphatic hydroxyl groups excluding tert-OH is 1. The standard InChI is InChI=1S/C15H16O3S/c1-9-5-6-19-15(9)14-8-12(16)11-7-10(17-2)3-4-13(11)18-14/h3-7,12,14,16H,8H2,1-2H3/t12-,14?/m0/s1. The summed E-state index contributed by atoms with van der Waals surface area (Å²) in [4.78, 5) is 1.19. The quantitative estimate of drug-likeness (QED) is 0.910. The van der Waals surface area contributed by atoms with E-state index in [-0.39, 0.29) is 6.10 Å². The molecule has 3 nitrogen and oxygen atoms in total. The third-order valence-electron chi connectivity index (χ3n) is 3.48. The Labute approximate surface area is 116 Å². The van der Waals surface area contributed by atoms with Crippen LogP contribution in [0.25, 0.3) is 0 Å². The highest BCUT2D eigenvalue weighted by molar-refractivity contribution is 7.10. The number of hydrogen-bond acceptors (Lipinski definition) is 4. The van der Waals surface area contributed by atoms with Crippen molar-refractivity contribution in [2.45, 2.75) is 25.6 Å². The molecule has 0 saturated heterocycles. The molecule has 1 aliphatic heterocycles. The van der Waals surface area contributed by atoms with E-state index in [1.54, 1.807) is 18.4 Å². The molecule has 0 aliphatic carbocycles. The Morgan fingerprint density at radius 3 is 2.89 bits per heavy atom. The second-order valence-electron chi connectivity index (χ2n) is 4.73. The fourth-order valence-corrected chi connectivity index (χ4v) is 3.40. The minimum atomic E-state index is -0.509. The summed E-state index contributed by atoms with van der Waals surface area (Å²) in [5.74, 6) is 1.49. The number of fused-ring (bicyclic) bond motifs is 1. The molecule has 0 radical (unpaired) electrons. The summed E-state index contributed by atoms with van der Waals surface area (Å²) in [6, 6.07) is 7.65. The molecule has 2 heterocycles. The lowest BCUT2D eigenvalue weighted by Gasteiger charge is -2.29. The van der Waals surface area contributed by atoms with Gasteiger partial charge < -0.3 is 14.6 Å². The van der Waals surface area contributed by atoms with E-state index in [2.05, 4.69) is 18.4 Å². The van der Waals surface area contributed by atoms with Crippen LogP contribution in [0, 0.1) is 6.92 Å². The Morgan fingerprint density at radius 1 is 1.37 bits per heavy atom. The topological polar surface area (TPSA) is 38.7 Å². The molecule has 0 bridgehead atoms. The van der Waals surface area contributed by atoms with Gasteiger partial charge in [0.1, 0.15) is 17.6 Å². The lowest BCUT2D eigenvalue weighted by atomic mass is 9.97. The fraction of sp³-hybridized carbons (Fsp3) is 0.333. The van der Waals surface area contributed by atoms with E-state index in [0.29, 0.717) is 6.42 Å². The highest BCUT2D eigenvalue weighted by atomic mass is 32.1. The fourth-order valence-electron chi connectivity index (χ4n) is 2.43. The molecule has 0 spiro atoms. The van der Waals surface area contributed by atoms with Crippen molar-refractivity contribution in [3.05, 3.63) is 45.6 Å². The van der Waals surface area contributed by atoms with Gasteiger partial charge in [-0.2, -0.15) is 0 Å². The molecule has 1 unspecified atom stereocenters. The van der Waals surface area contributed by atoms with Gasteiger partial charge in [0, 0.05) is 16.9 Å². The number of aliphatic hydroxyl groups is 1. The maximum absolute atomic E-state index is 10.3. The van der Waals surface area contributed by atoms with Crippen LogP contribution < -0.4 is 9.47 Å². The molecule has 2 atom stereocenters. The summed E-state index contributed by atoms with van der Waals surface area (Å²) in [7, 11) is 1.62. The van der Waals surface area contributed by atoms with Gasteiger partial charge in [0.2, 0.25) is 0 Å². The van der Waals surface area contributed by atoms with Crippen molar-refractivity contribution in [2.24, 2.45) is 0 Å². The molecule has 1 aliphatic rings. The van der Waals surface area contributed by atoms with Crippen LogP contribution in [0.1, 0.15) is 34.6 Å². The normalized spacial score (nSPS) is 21.6. The molecule has 2 aromatic rings. The van der Waals surface area contributed by atoms with Crippen molar-refractivity contribution in [1.82, 2.24) is 0 Å². The number of methoxy groups -OCH3 is 1. The van der Waals surface area contributed by atoms with Gasteiger partial charge in [-0.3, -0.25) is 0 Å². The molecule has 0 fully saturated rings. The van der Waals surface area contributed by atoms with Crippen molar-refractivity contribution in [1.29, 1.82) is 0 Å². The maximum Gasteiger partial charge on any atom is 0.136 e. The highest BCUT2D eigenvalue weighted by Crippen LogP contribution is 2.43. The maximum atomic E-state index is 10.3. The first kappa shape index (κ1) is 12.5. The van der Waals surface area contributed by atoms with Gasteiger partial charge in [0.05, 0.1) is 13.2 Å². The predicted molar refractivity (Wildman–Crippen MR) is 75.0 cm³/mol. The van der Waals surface area contributed by atoms with E-state index in [9.17, 15) is 5.11 Å². The van der Waals surface area contributed by atoms with Crippen molar-refractivity contribution in [3.8, 4) is 11.5 Å². The number of hydrogen-bond donors (Lipinski definition) is 1. The zero-order valence-electron chi connectivity index (χ0n) is 10.9. The van der Waals surface area contributed by atoms with E-state index < -0.39 is 6.10 Å². The van der Waals surface area contributed by atoms with Crippen LogP contribution in [0.15, 0.2) is 29.6 Å². The van der Waals surface area contributed by atoms with Gasteiger partial charge in [-0.15, -0.1) is 11.3 Å². The van der Waals surface area contributed by atoms with Gasteiger partial charge in [-0.25, -0.2) is 0 Å². The summed E-state index contributed by atoms with van der Waals surface area (Å²) in [6.45, 7) is 2.07. The summed E-state index contributed by atoms with van der Waals surface area (Å²) in [5.41, 5.74) is 2.03. The van der Waals surface area contributed by atoms with E-state index >= 15 is 0 Å². The summed E-state index contributed by atoms with van der Waals surface area (Å²) < 4.78 is 11.2. The molecule has 1 N–H and O–H groups in total. The molecular weight excluding hydrogens is 260 g/mol. The number of ether oxygens (including phenoxy) is 2. The van der Waals surface area contributed by atoms with E-state index in [1.165, 1.54) is 10.4 Å². The average Bonchev–Trinajstić information content (AvgIpc) is 2.84. The highest BCUT2D eigenvalue weighted by Gasteiger charge is 2.29. The van der Waals surface area contributed by atoms with Gasteiger partial charge in [0.25, 0.3) is 0 Å². The van der Waals surface area contributed by atoms with Crippen LogP contribution in [0.5, 0.6) is 11.5 Å². The molecule has 19 heavy (non-hydrogen) atoms. The zero-order valence-corrected chi connectivity index (χ0v) is 11.7. The molecular formula is C15H16O3S. The Balaban J connectivity index is 1.94. The van der Waals surface area contributed by atoms with Crippen molar-refractivity contribution in [2.75, 3.05) is 7.11 Å². The first-order valence-corrected chi connectivity index (χ1v) is 7.13. The number of thiophene rings is 1. The van der Waals surface area contributed by atoms with Crippen LogP contribution in [0.4, 0.5) is 0 Å². The van der Waals surface area contributed by atoms with Gasteiger partial charge in [-0.1, -0.05) is 0 Å². The summed E-state index contributed by atoms with van der Waals surface area (Å²) in [5, 5.41) is 12.4. The third-order valence-corrected chi connectivity index (χ3v) is 4.59. The van der Waals surface area contributed by atoms with Gasteiger partial charge in [0.15, 0.2) is 0 Å². The summed E-state index contributed by atoms with van der Waals surface area (Å²) in [6.07, 6.45) is 0.0166. The Hall–Kier alpha value is -1.52. The monoisotopic (exact) mass is 276 g/mol. The van der Waals surface area contributed by atoms with Crippen molar-refractivity contribution in [3.63, 3.8) is 0 Å². The first-order chi connectivity index (χ1) is 9.19. The molecule has 100 valence electrons. The third kappa shape index (κ3) is 2.22. The number of benzene rings is 1. The van der Waals surface area contributed by atoms with Crippen LogP contribution in [0.3, 0.4) is 0 Å². The first-order valence-electron chi connectivity index (χ1n) is 6.25. The molecule has 0 amide bonds. The lowest BCUT2D eigenvalue weighted by Crippen LogP contribution is -2.18. The van der Waals surface area contributed by atoms with E-state index in [1.807, 2.05) is 18.2 Å². The van der Waals surface area contributed by atoms with Crippen LogP contribution in [-0.4, -0.2) is 12.2 Å². The van der Waals surface area contributed by atoms with Crippen LogP contribution in [-0.2, 0) is 0 Å². The molecule has 3 rings (SSSR count). The second kappa shape index (κ2) is 4.87. The molecule has 1 aromatic heterocycles. The Kier molecular flexibility index (Phi) is 3.21. The number of rotatable bonds is 2. The van der Waals surface area contributed by atoms with E-state index in [0.717, 1.165) is 17.1 Å². The van der Waals surface area contributed by atoms with Gasteiger partial charge in [-0.05, 0) is 42.1 Å². The largest absolute Gasteiger partial charge is 0.497 e. The average molecular weight is 276 g/mol. The van der Waals surface area contributed by atoms with Gasteiger partial charge >= 0.3 is 0 Å². The smallest absolute Gasteiger partial charge is 0.136 e. The molecule has 0 saturated carbocycles. The van der Waals surface area contributed by atoms with Crippen molar-refractivity contribution >= 4 is 11.3 Å². The van der Waals surface area contributed by atoms with Crippen LogP contribution in [0.2, 0.25) is 0 Å². The van der Waals surface area contributed by atoms with Crippen LogP contribution >= 0.6 is 11.3 Å². The second-order valence-corrected chi connectivity index (χ2v) is 5.68. The molecule has 4 heteroatoms. The van der Waals surface area contributed by atoms with E-state index in [4.69, 9.17) is 9.47 Å². The molecule has 1 aromatic carbocycles. The van der Waals surface area contributed by atoms with Crippen molar-refractivity contribution < 1.29 is 14.6 Å². The summed E-state index contributed by atoms with van der Waals surface area (Å²) >= 11 is 1.68. The minimum Gasteiger partial charge on any atom is -0.497 e.